The molecule has 0 saturated heterocycles. The Bertz CT molecular complexity index is 1010. The number of nitrogens with one attached hydrogen (secondary N) is 1. The number of carbonyl (C=O) groups excluding carboxylic acids is 1. The molecule has 9 nitrogen and oxygen atoms in total. The molecule has 0 saturated carbocycles. The lowest BCUT2D eigenvalue weighted by Crippen LogP contribution is -2.38. The number of amides is 1. The zero-order valence-electron chi connectivity index (χ0n) is 15.1. The van der Waals surface area contributed by atoms with Gasteiger partial charge >= 0.3 is 0 Å². The zero-order chi connectivity index (χ0) is 19.4. The highest BCUT2D eigenvalue weighted by Gasteiger charge is 2.12. The molecule has 0 aliphatic heterocycles. The molecule has 0 spiro atoms. The van der Waals surface area contributed by atoms with Gasteiger partial charge in [0.1, 0.15) is 36.7 Å². The second kappa shape index (κ2) is 8.00. The van der Waals surface area contributed by atoms with Crippen molar-refractivity contribution in [2.24, 2.45) is 7.05 Å². The van der Waals surface area contributed by atoms with Gasteiger partial charge in [-0.2, -0.15) is 5.10 Å². The summed E-state index contributed by atoms with van der Waals surface area (Å²) in [5.74, 6) is 0.250. The van der Waals surface area contributed by atoms with Crippen LogP contribution in [0.4, 0.5) is 0 Å². The highest BCUT2D eigenvalue weighted by Crippen LogP contribution is 2.12. The lowest BCUT2D eigenvalue weighted by molar-refractivity contribution is -0.122. The Morgan fingerprint density at radius 3 is 3.00 bits per heavy atom. The third kappa shape index (κ3) is 4.50. The quantitative estimate of drug-likeness (QED) is 0.604. The molecule has 142 valence electrons. The first kappa shape index (κ1) is 18.6. The molecule has 0 aliphatic carbocycles. The molecule has 0 bridgehead atoms. The predicted molar refractivity (Wildman–Crippen MR) is 98.5 cm³/mol. The van der Waals surface area contributed by atoms with Gasteiger partial charge in [0, 0.05) is 13.6 Å². The number of fused-ring (bicyclic) bond motifs is 1. The number of benzene rings is 1. The van der Waals surface area contributed by atoms with Crippen molar-refractivity contribution in [1.82, 2.24) is 24.6 Å². The molecule has 27 heavy (non-hydrogen) atoms. The highest BCUT2D eigenvalue weighted by atomic mass is 16.5. The van der Waals surface area contributed by atoms with E-state index >= 15 is 0 Å². The molecule has 3 rings (SSSR count). The summed E-state index contributed by atoms with van der Waals surface area (Å²) >= 11 is 0. The molecule has 0 aliphatic rings. The van der Waals surface area contributed by atoms with Crippen molar-refractivity contribution in [3.63, 3.8) is 0 Å². The van der Waals surface area contributed by atoms with Crippen LogP contribution >= 0.6 is 0 Å². The number of aliphatic hydroxyl groups excluding tert-OH is 1. The number of aryl methyl sites for hydroxylation is 2. The summed E-state index contributed by atoms with van der Waals surface area (Å²) in [4.78, 5) is 28.5. The van der Waals surface area contributed by atoms with Crippen molar-refractivity contribution in [3.8, 4) is 5.75 Å². The van der Waals surface area contributed by atoms with Crippen molar-refractivity contribution in [3.05, 3.63) is 52.7 Å². The summed E-state index contributed by atoms with van der Waals surface area (Å²) in [5, 5.41) is 16.9. The van der Waals surface area contributed by atoms with Gasteiger partial charge in [0.05, 0.1) is 6.20 Å². The smallest absolute Gasteiger partial charge is 0.264 e. The Hall–Kier alpha value is -3.20. The van der Waals surface area contributed by atoms with E-state index < -0.39 is 12.0 Å². The fraction of sp³-hybridized carbons (Fsp3) is 0.333. The van der Waals surface area contributed by atoms with Gasteiger partial charge in [0.2, 0.25) is 5.91 Å². The van der Waals surface area contributed by atoms with E-state index in [1.807, 2.05) is 25.1 Å². The van der Waals surface area contributed by atoms with Crippen molar-refractivity contribution in [2.75, 3.05) is 13.2 Å². The summed E-state index contributed by atoms with van der Waals surface area (Å²) in [5.41, 5.74) is 1.17. The predicted octanol–water partition coefficient (Wildman–Crippen LogP) is -0.00548. The van der Waals surface area contributed by atoms with E-state index in [2.05, 4.69) is 15.4 Å². The van der Waals surface area contributed by atoms with E-state index in [0.717, 1.165) is 5.56 Å². The standard InChI is InChI=1S/C18H21N5O4/c1-12-4-3-5-14(6-12)27-10-13(24)7-19-16(25)9-23-11-20-17-15(18(23)26)8-21-22(17)2/h3-6,8,11,13,24H,7,9-10H2,1-2H3,(H,19,25). The molecule has 3 aromatic rings. The maximum atomic E-state index is 12.3. The van der Waals surface area contributed by atoms with Crippen molar-refractivity contribution < 1.29 is 14.6 Å². The van der Waals surface area contributed by atoms with Gasteiger partial charge in [-0.1, -0.05) is 12.1 Å². The van der Waals surface area contributed by atoms with Crippen LogP contribution in [0.25, 0.3) is 11.0 Å². The molecular formula is C18H21N5O4. The Kier molecular flexibility index (Phi) is 5.51. The Morgan fingerprint density at radius 1 is 1.41 bits per heavy atom. The minimum atomic E-state index is -0.870. The van der Waals surface area contributed by atoms with E-state index in [0.29, 0.717) is 16.8 Å². The number of nitrogens with zero attached hydrogens (tertiary/aromatic N) is 4. The minimum Gasteiger partial charge on any atom is -0.491 e. The number of aromatic nitrogens is 4. The van der Waals surface area contributed by atoms with Gasteiger partial charge in [-0.25, -0.2) is 4.98 Å². The molecular weight excluding hydrogens is 350 g/mol. The van der Waals surface area contributed by atoms with Crippen LogP contribution in [0.3, 0.4) is 0 Å². The molecule has 0 fully saturated rings. The summed E-state index contributed by atoms with van der Waals surface area (Å²) in [6.45, 7) is 1.82. The summed E-state index contributed by atoms with van der Waals surface area (Å²) in [6.07, 6.45) is 1.86. The Morgan fingerprint density at radius 2 is 2.22 bits per heavy atom. The van der Waals surface area contributed by atoms with Gasteiger partial charge in [-0.05, 0) is 24.6 Å². The number of hydrogen-bond donors (Lipinski definition) is 2. The van der Waals surface area contributed by atoms with Gasteiger partial charge in [-0.3, -0.25) is 18.8 Å². The van der Waals surface area contributed by atoms with E-state index in [4.69, 9.17) is 4.74 Å². The molecule has 9 heteroatoms. The average molecular weight is 371 g/mol. The van der Waals surface area contributed by atoms with E-state index in [-0.39, 0.29) is 25.3 Å². The number of hydrogen-bond acceptors (Lipinski definition) is 6. The molecule has 2 aromatic heterocycles. The third-order valence-corrected chi connectivity index (χ3v) is 4.00. The first-order valence-corrected chi connectivity index (χ1v) is 8.45. The highest BCUT2D eigenvalue weighted by molar-refractivity contribution is 5.77. The van der Waals surface area contributed by atoms with Crippen LogP contribution in [0.15, 0.2) is 41.6 Å². The van der Waals surface area contributed by atoms with E-state index in [1.54, 1.807) is 13.1 Å². The van der Waals surface area contributed by atoms with Gasteiger partial charge in [-0.15, -0.1) is 0 Å². The first-order valence-electron chi connectivity index (χ1n) is 8.45. The van der Waals surface area contributed by atoms with Crippen LogP contribution in [0.2, 0.25) is 0 Å². The second-order valence-electron chi connectivity index (χ2n) is 6.27. The molecule has 1 atom stereocenters. The van der Waals surface area contributed by atoms with E-state index in [9.17, 15) is 14.7 Å². The van der Waals surface area contributed by atoms with Gasteiger partial charge in [0.15, 0.2) is 5.65 Å². The number of rotatable bonds is 7. The van der Waals surface area contributed by atoms with Crippen molar-refractivity contribution in [1.29, 1.82) is 0 Å². The first-order chi connectivity index (χ1) is 12.9. The third-order valence-electron chi connectivity index (χ3n) is 4.00. The topological polar surface area (TPSA) is 111 Å². The lowest BCUT2D eigenvalue weighted by Gasteiger charge is -2.14. The van der Waals surface area contributed by atoms with Crippen LogP contribution in [0.5, 0.6) is 5.75 Å². The molecule has 1 amide bonds. The number of carbonyl (C=O) groups is 1. The SMILES string of the molecule is Cc1cccc(OCC(O)CNC(=O)Cn2cnc3c(cnn3C)c2=O)c1. The monoisotopic (exact) mass is 371 g/mol. The summed E-state index contributed by atoms with van der Waals surface area (Å²) < 4.78 is 8.19. The Balaban J connectivity index is 1.51. The lowest BCUT2D eigenvalue weighted by atomic mass is 10.2. The fourth-order valence-corrected chi connectivity index (χ4v) is 2.58. The van der Waals surface area contributed by atoms with Crippen LogP contribution < -0.4 is 15.6 Å². The number of aliphatic hydroxyl groups is 1. The normalized spacial score (nSPS) is 12.1. The molecule has 2 N–H and O–H groups in total. The molecule has 1 unspecified atom stereocenters. The fourth-order valence-electron chi connectivity index (χ4n) is 2.58. The Labute approximate surface area is 155 Å². The molecule has 1 aromatic carbocycles. The average Bonchev–Trinajstić information content (AvgIpc) is 3.02. The van der Waals surface area contributed by atoms with Crippen LogP contribution in [0, 0.1) is 6.92 Å². The van der Waals surface area contributed by atoms with Crippen LogP contribution in [0.1, 0.15) is 5.56 Å². The van der Waals surface area contributed by atoms with Gasteiger partial charge in [0.25, 0.3) is 5.56 Å². The van der Waals surface area contributed by atoms with Crippen molar-refractivity contribution in [2.45, 2.75) is 19.6 Å². The van der Waals surface area contributed by atoms with Crippen LogP contribution in [-0.2, 0) is 18.4 Å². The maximum Gasteiger partial charge on any atom is 0.264 e. The molecule has 2 heterocycles. The number of ether oxygens (including phenoxy) is 1. The van der Waals surface area contributed by atoms with E-state index in [1.165, 1.54) is 21.8 Å². The summed E-state index contributed by atoms with van der Waals surface area (Å²) in [7, 11) is 1.69. The van der Waals surface area contributed by atoms with Gasteiger partial charge < -0.3 is 15.2 Å². The minimum absolute atomic E-state index is 0.0158. The largest absolute Gasteiger partial charge is 0.491 e. The van der Waals surface area contributed by atoms with Crippen LogP contribution in [-0.4, -0.2) is 49.6 Å². The zero-order valence-corrected chi connectivity index (χ0v) is 15.1. The van der Waals surface area contributed by atoms with Crippen molar-refractivity contribution >= 4 is 16.9 Å². The second-order valence-corrected chi connectivity index (χ2v) is 6.27. The molecule has 0 radical (unpaired) electrons. The summed E-state index contributed by atoms with van der Waals surface area (Å²) in [6, 6.07) is 7.47. The maximum absolute atomic E-state index is 12.3.